The highest BCUT2D eigenvalue weighted by molar-refractivity contribution is 5.76. The molecule has 0 aromatic rings. The van der Waals surface area contributed by atoms with E-state index in [0.29, 0.717) is 18.4 Å². The standard InChI is InChI=1S/C16H31N3O/c1-13-6-5-9-17-15(13)12-16(20)18-10-11-19(2)14-7-3-4-8-14/h13-15,17H,3-12H2,1-2H3,(H,18,20). The molecule has 0 aromatic carbocycles. The third-order valence-electron chi connectivity index (χ3n) is 5.07. The molecule has 1 aliphatic carbocycles. The first-order valence-corrected chi connectivity index (χ1v) is 8.37. The smallest absolute Gasteiger partial charge is 0.221 e. The Morgan fingerprint density at radius 1 is 1.25 bits per heavy atom. The monoisotopic (exact) mass is 281 g/mol. The number of piperidine rings is 1. The number of nitrogens with one attached hydrogen (secondary N) is 2. The normalized spacial score (nSPS) is 27.9. The molecular formula is C16H31N3O. The zero-order valence-electron chi connectivity index (χ0n) is 13.2. The van der Waals surface area contributed by atoms with Gasteiger partial charge in [0.15, 0.2) is 0 Å². The van der Waals surface area contributed by atoms with E-state index in [2.05, 4.69) is 29.5 Å². The molecule has 1 heterocycles. The van der Waals surface area contributed by atoms with Crippen LogP contribution in [0.2, 0.25) is 0 Å². The molecular weight excluding hydrogens is 250 g/mol. The molecule has 4 heteroatoms. The molecule has 1 saturated heterocycles. The highest BCUT2D eigenvalue weighted by Gasteiger charge is 2.23. The molecule has 0 radical (unpaired) electrons. The van der Waals surface area contributed by atoms with Gasteiger partial charge in [0.25, 0.3) is 0 Å². The largest absolute Gasteiger partial charge is 0.355 e. The first-order chi connectivity index (χ1) is 9.66. The summed E-state index contributed by atoms with van der Waals surface area (Å²) in [6, 6.07) is 1.11. The maximum Gasteiger partial charge on any atom is 0.221 e. The van der Waals surface area contributed by atoms with Crippen molar-refractivity contribution in [2.45, 2.75) is 64.0 Å². The van der Waals surface area contributed by atoms with Gasteiger partial charge < -0.3 is 15.5 Å². The molecule has 0 spiro atoms. The van der Waals surface area contributed by atoms with Crippen molar-refractivity contribution >= 4 is 5.91 Å². The second-order valence-corrected chi connectivity index (χ2v) is 6.65. The molecule has 2 fully saturated rings. The summed E-state index contributed by atoms with van der Waals surface area (Å²) in [4.78, 5) is 14.4. The number of rotatable bonds is 6. The molecule has 0 bridgehead atoms. The van der Waals surface area contributed by atoms with Gasteiger partial charge in [0.1, 0.15) is 0 Å². The first-order valence-electron chi connectivity index (χ1n) is 8.37. The van der Waals surface area contributed by atoms with Crippen LogP contribution in [0.3, 0.4) is 0 Å². The van der Waals surface area contributed by atoms with Crippen LogP contribution in [0.5, 0.6) is 0 Å². The Bertz CT molecular complexity index is 302. The molecule has 2 atom stereocenters. The van der Waals surface area contributed by atoms with E-state index in [0.717, 1.165) is 25.7 Å². The maximum atomic E-state index is 12.0. The van der Waals surface area contributed by atoms with E-state index in [1.54, 1.807) is 0 Å². The lowest BCUT2D eigenvalue weighted by molar-refractivity contribution is -0.122. The lowest BCUT2D eigenvalue weighted by Crippen LogP contribution is -2.44. The minimum absolute atomic E-state index is 0.205. The van der Waals surface area contributed by atoms with E-state index in [1.807, 2.05) is 0 Å². The third-order valence-corrected chi connectivity index (χ3v) is 5.07. The van der Waals surface area contributed by atoms with Gasteiger partial charge in [-0.05, 0) is 45.2 Å². The van der Waals surface area contributed by atoms with E-state index in [4.69, 9.17) is 0 Å². The number of carbonyl (C=O) groups excluding carboxylic acids is 1. The fourth-order valence-corrected chi connectivity index (χ4v) is 3.56. The predicted octanol–water partition coefficient (Wildman–Crippen LogP) is 1.76. The molecule has 1 amide bonds. The molecule has 2 N–H and O–H groups in total. The summed E-state index contributed by atoms with van der Waals surface area (Å²) < 4.78 is 0. The summed E-state index contributed by atoms with van der Waals surface area (Å²) in [5.74, 6) is 0.826. The Morgan fingerprint density at radius 2 is 2.00 bits per heavy atom. The summed E-state index contributed by atoms with van der Waals surface area (Å²) in [6.07, 6.45) is 8.51. The van der Waals surface area contributed by atoms with Gasteiger partial charge in [0, 0.05) is 31.6 Å². The Labute approximate surface area is 123 Å². The minimum Gasteiger partial charge on any atom is -0.355 e. The van der Waals surface area contributed by atoms with Crippen LogP contribution in [-0.4, -0.2) is 49.6 Å². The van der Waals surface area contributed by atoms with E-state index in [-0.39, 0.29) is 5.91 Å². The van der Waals surface area contributed by atoms with Gasteiger partial charge in [-0.15, -0.1) is 0 Å². The third kappa shape index (κ3) is 4.74. The lowest BCUT2D eigenvalue weighted by atomic mass is 9.90. The Hall–Kier alpha value is -0.610. The molecule has 116 valence electrons. The van der Waals surface area contributed by atoms with Crippen molar-refractivity contribution < 1.29 is 4.79 Å². The van der Waals surface area contributed by atoms with Gasteiger partial charge in [-0.3, -0.25) is 4.79 Å². The summed E-state index contributed by atoms with van der Waals surface area (Å²) >= 11 is 0. The van der Waals surface area contributed by atoms with Gasteiger partial charge in [-0.1, -0.05) is 19.8 Å². The molecule has 20 heavy (non-hydrogen) atoms. The topological polar surface area (TPSA) is 44.4 Å². The van der Waals surface area contributed by atoms with Crippen LogP contribution in [0.4, 0.5) is 0 Å². The van der Waals surface area contributed by atoms with Crippen LogP contribution < -0.4 is 10.6 Å². The highest BCUT2D eigenvalue weighted by atomic mass is 16.1. The van der Waals surface area contributed by atoms with Crippen molar-refractivity contribution in [2.24, 2.45) is 5.92 Å². The molecule has 2 aliphatic rings. The second kappa shape index (κ2) is 7.99. The molecule has 1 aliphatic heterocycles. The number of amides is 1. The minimum atomic E-state index is 0.205. The van der Waals surface area contributed by atoms with Crippen molar-refractivity contribution in [1.29, 1.82) is 0 Å². The van der Waals surface area contributed by atoms with E-state index >= 15 is 0 Å². The van der Waals surface area contributed by atoms with Crippen molar-refractivity contribution in [2.75, 3.05) is 26.7 Å². The van der Waals surface area contributed by atoms with Gasteiger partial charge in [-0.2, -0.15) is 0 Å². The van der Waals surface area contributed by atoms with Crippen molar-refractivity contribution in [3.05, 3.63) is 0 Å². The van der Waals surface area contributed by atoms with E-state index in [9.17, 15) is 4.79 Å². The predicted molar refractivity (Wildman–Crippen MR) is 82.7 cm³/mol. The SMILES string of the molecule is CC1CCCNC1CC(=O)NCCN(C)C1CCCC1. The van der Waals surface area contributed by atoms with Gasteiger partial charge in [-0.25, -0.2) is 0 Å². The quantitative estimate of drug-likeness (QED) is 0.780. The van der Waals surface area contributed by atoms with E-state index in [1.165, 1.54) is 38.5 Å². The Balaban J connectivity index is 1.59. The van der Waals surface area contributed by atoms with Crippen LogP contribution >= 0.6 is 0 Å². The van der Waals surface area contributed by atoms with Crippen LogP contribution in [0.1, 0.15) is 51.9 Å². The van der Waals surface area contributed by atoms with Crippen LogP contribution in [0.25, 0.3) is 0 Å². The fourth-order valence-electron chi connectivity index (χ4n) is 3.56. The molecule has 1 saturated carbocycles. The first kappa shape index (κ1) is 15.8. The zero-order valence-corrected chi connectivity index (χ0v) is 13.2. The van der Waals surface area contributed by atoms with Crippen molar-refractivity contribution in [1.82, 2.24) is 15.5 Å². The fraction of sp³-hybridized carbons (Fsp3) is 0.938. The van der Waals surface area contributed by atoms with Gasteiger partial charge >= 0.3 is 0 Å². The lowest BCUT2D eigenvalue weighted by Gasteiger charge is -2.29. The Kier molecular flexibility index (Phi) is 6.30. The van der Waals surface area contributed by atoms with Crippen LogP contribution in [0, 0.1) is 5.92 Å². The maximum absolute atomic E-state index is 12.0. The summed E-state index contributed by atoms with van der Waals surface area (Å²) in [7, 11) is 2.19. The number of likely N-dealkylation sites (N-methyl/N-ethyl adjacent to an activating group) is 1. The van der Waals surface area contributed by atoms with Gasteiger partial charge in [0.2, 0.25) is 5.91 Å². The van der Waals surface area contributed by atoms with E-state index < -0.39 is 0 Å². The Morgan fingerprint density at radius 3 is 2.70 bits per heavy atom. The number of nitrogens with zero attached hydrogens (tertiary/aromatic N) is 1. The van der Waals surface area contributed by atoms with Crippen LogP contribution in [0.15, 0.2) is 0 Å². The molecule has 0 aromatic heterocycles. The summed E-state index contributed by atoms with van der Waals surface area (Å²) in [5, 5.41) is 6.56. The number of hydrogen-bond donors (Lipinski definition) is 2. The van der Waals surface area contributed by atoms with Crippen LogP contribution in [-0.2, 0) is 4.79 Å². The average molecular weight is 281 g/mol. The number of hydrogen-bond acceptors (Lipinski definition) is 3. The molecule has 4 nitrogen and oxygen atoms in total. The van der Waals surface area contributed by atoms with Gasteiger partial charge in [0.05, 0.1) is 0 Å². The molecule has 2 unspecified atom stereocenters. The van der Waals surface area contributed by atoms with Crippen molar-refractivity contribution in [3.8, 4) is 0 Å². The highest BCUT2D eigenvalue weighted by Crippen LogP contribution is 2.22. The zero-order chi connectivity index (χ0) is 14.4. The summed E-state index contributed by atoms with van der Waals surface area (Å²) in [5.41, 5.74) is 0. The van der Waals surface area contributed by atoms with Crippen molar-refractivity contribution in [3.63, 3.8) is 0 Å². The second-order valence-electron chi connectivity index (χ2n) is 6.65. The average Bonchev–Trinajstić information content (AvgIpc) is 2.95. The number of carbonyl (C=O) groups is 1. The summed E-state index contributed by atoms with van der Waals surface area (Å²) in [6.45, 7) is 5.07. The molecule has 2 rings (SSSR count).